The van der Waals surface area contributed by atoms with E-state index in [0.717, 1.165) is 12.1 Å². The second-order valence-electron chi connectivity index (χ2n) is 5.26. The van der Waals surface area contributed by atoms with Crippen molar-refractivity contribution in [3.05, 3.63) is 23.9 Å². The molecule has 2 N–H and O–H groups in total. The summed E-state index contributed by atoms with van der Waals surface area (Å²) in [4.78, 5) is 14.9. The van der Waals surface area contributed by atoms with Gasteiger partial charge >= 0.3 is 12.1 Å². The van der Waals surface area contributed by atoms with Gasteiger partial charge in [-0.3, -0.25) is 4.79 Å². The Morgan fingerprint density at radius 2 is 2.00 bits per heavy atom. The standard InChI is InChI=1S/C14H16F3NO5/c1-22-13(21)7-5-8(19)12(20)9(6-7)23-11-4-2-3-10(18-11)14(15,16)17/h2-4,7-9,12,19-20H,5-6H2,1H3/t7-,8+,9+,12+/m1/s1. The molecule has 4 atom stereocenters. The lowest BCUT2D eigenvalue weighted by molar-refractivity contribution is -0.155. The molecule has 0 spiro atoms. The first kappa shape index (κ1) is 17.5. The minimum Gasteiger partial charge on any atom is -0.471 e. The van der Waals surface area contributed by atoms with Crippen LogP contribution in [-0.4, -0.2) is 46.6 Å². The van der Waals surface area contributed by atoms with Crippen LogP contribution in [0.5, 0.6) is 5.88 Å². The quantitative estimate of drug-likeness (QED) is 0.806. The van der Waals surface area contributed by atoms with Gasteiger partial charge in [0.2, 0.25) is 5.88 Å². The number of alkyl halides is 3. The van der Waals surface area contributed by atoms with Crippen LogP contribution in [0.25, 0.3) is 0 Å². The van der Waals surface area contributed by atoms with Crippen molar-refractivity contribution in [2.75, 3.05) is 7.11 Å². The molecule has 0 amide bonds. The fourth-order valence-electron chi connectivity index (χ4n) is 2.47. The normalized spacial score (nSPS) is 28.3. The molecule has 1 aromatic rings. The van der Waals surface area contributed by atoms with Crippen molar-refractivity contribution in [2.45, 2.75) is 37.3 Å². The number of pyridine rings is 1. The Kier molecular flexibility index (Phi) is 5.10. The van der Waals surface area contributed by atoms with Crippen molar-refractivity contribution in [1.29, 1.82) is 0 Å². The largest absolute Gasteiger partial charge is 0.471 e. The molecule has 0 aliphatic heterocycles. The molecule has 0 saturated heterocycles. The van der Waals surface area contributed by atoms with Crippen molar-refractivity contribution in [2.24, 2.45) is 5.92 Å². The van der Waals surface area contributed by atoms with Gasteiger partial charge in [-0.2, -0.15) is 13.2 Å². The first-order chi connectivity index (χ1) is 10.7. The highest BCUT2D eigenvalue weighted by Gasteiger charge is 2.41. The highest BCUT2D eigenvalue weighted by atomic mass is 19.4. The predicted molar refractivity (Wildman–Crippen MR) is 70.4 cm³/mol. The van der Waals surface area contributed by atoms with Crippen LogP contribution < -0.4 is 4.74 Å². The summed E-state index contributed by atoms with van der Waals surface area (Å²) in [6, 6.07) is 3.11. The average Bonchev–Trinajstić information content (AvgIpc) is 2.50. The van der Waals surface area contributed by atoms with Crippen LogP contribution in [0.1, 0.15) is 18.5 Å². The van der Waals surface area contributed by atoms with Gasteiger partial charge in [0, 0.05) is 12.5 Å². The van der Waals surface area contributed by atoms with E-state index in [9.17, 15) is 28.2 Å². The number of esters is 1. The number of aliphatic hydroxyl groups excluding tert-OH is 2. The monoisotopic (exact) mass is 335 g/mol. The molecule has 1 aliphatic carbocycles. The van der Waals surface area contributed by atoms with E-state index in [1.54, 1.807) is 0 Å². The van der Waals surface area contributed by atoms with Gasteiger partial charge in [-0.25, -0.2) is 4.98 Å². The zero-order valence-corrected chi connectivity index (χ0v) is 12.2. The highest BCUT2D eigenvalue weighted by Crippen LogP contribution is 2.31. The lowest BCUT2D eigenvalue weighted by atomic mass is 9.83. The zero-order chi connectivity index (χ0) is 17.2. The van der Waals surface area contributed by atoms with E-state index in [2.05, 4.69) is 9.72 Å². The number of carbonyl (C=O) groups is 1. The van der Waals surface area contributed by atoms with Gasteiger partial charge in [0.1, 0.15) is 17.9 Å². The summed E-state index contributed by atoms with van der Waals surface area (Å²) in [6.07, 6.45) is -8.29. The van der Waals surface area contributed by atoms with Gasteiger partial charge in [-0.15, -0.1) is 0 Å². The van der Waals surface area contributed by atoms with E-state index < -0.39 is 42.1 Å². The summed E-state index contributed by atoms with van der Waals surface area (Å²) in [5.41, 5.74) is -1.13. The van der Waals surface area contributed by atoms with E-state index in [1.807, 2.05) is 0 Å². The number of carbonyl (C=O) groups excluding carboxylic acids is 1. The number of methoxy groups -OCH3 is 1. The maximum absolute atomic E-state index is 12.6. The Morgan fingerprint density at radius 3 is 2.61 bits per heavy atom. The number of hydrogen-bond acceptors (Lipinski definition) is 6. The molecule has 128 valence electrons. The molecule has 9 heteroatoms. The summed E-state index contributed by atoms with van der Waals surface area (Å²) in [5, 5.41) is 19.7. The molecule has 1 saturated carbocycles. The number of hydrogen-bond donors (Lipinski definition) is 2. The van der Waals surface area contributed by atoms with Crippen molar-refractivity contribution in [1.82, 2.24) is 4.98 Å². The van der Waals surface area contributed by atoms with Crippen LogP contribution in [0.3, 0.4) is 0 Å². The van der Waals surface area contributed by atoms with E-state index in [-0.39, 0.29) is 18.7 Å². The first-order valence-electron chi connectivity index (χ1n) is 6.87. The molecule has 1 aromatic heterocycles. The molecule has 1 heterocycles. The molecular weight excluding hydrogens is 319 g/mol. The van der Waals surface area contributed by atoms with Crippen LogP contribution in [-0.2, 0) is 15.7 Å². The fourth-order valence-corrected chi connectivity index (χ4v) is 2.47. The van der Waals surface area contributed by atoms with Crippen molar-refractivity contribution < 1.29 is 37.7 Å². The van der Waals surface area contributed by atoms with Gasteiger partial charge in [-0.05, 0) is 12.5 Å². The number of rotatable bonds is 3. The number of nitrogens with zero attached hydrogens (tertiary/aromatic N) is 1. The summed E-state index contributed by atoms with van der Waals surface area (Å²) >= 11 is 0. The van der Waals surface area contributed by atoms with Gasteiger partial charge in [0.25, 0.3) is 0 Å². The second-order valence-corrected chi connectivity index (χ2v) is 5.26. The lowest BCUT2D eigenvalue weighted by Crippen LogP contribution is -2.49. The highest BCUT2D eigenvalue weighted by molar-refractivity contribution is 5.72. The Hall–Kier alpha value is -1.87. The molecule has 1 fully saturated rings. The first-order valence-corrected chi connectivity index (χ1v) is 6.87. The molecule has 0 aromatic carbocycles. The molecule has 0 bridgehead atoms. The Morgan fingerprint density at radius 1 is 1.30 bits per heavy atom. The maximum atomic E-state index is 12.6. The minimum absolute atomic E-state index is 0.00280. The van der Waals surface area contributed by atoms with Gasteiger partial charge < -0.3 is 19.7 Å². The Bertz CT molecular complexity index is 566. The molecule has 23 heavy (non-hydrogen) atoms. The summed E-state index contributed by atoms with van der Waals surface area (Å²) in [7, 11) is 1.18. The molecule has 6 nitrogen and oxygen atoms in total. The van der Waals surface area contributed by atoms with E-state index in [4.69, 9.17) is 4.74 Å². The lowest BCUT2D eigenvalue weighted by Gasteiger charge is -2.35. The van der Waals surface area contributed by atoms with Crippen molar-refractivity contribution in [3.8, 4) is 5.88 Å². The molecule has 0 unspecified atom stereocenters. The summed E-state index contributed by atoms with van der Waals surface area (Å²) in [6.45, 7) is 0. The molecule has 2 rings (SSSR count). The SMILES string of the molecule is COC(=O)[C@H]1C[C@H](Oc2cccc(C(F)(F)F)n2)[C@@H](O)[C@@H](O)C1. The smallest absolute Gasteiger partial charge is 0.433 e. The Labute approximate surface area is 129 Å². The van der Waals surface area contributed by atoms with E-state index in [0.29, 0.717) is 0 Å². The summed E-state index contributed by atoms with van der Waals surface area (Å²) < 4.78 is 47.7. The third kappa shape index (κ3) is 4.11. The topological polar surface area (TPSA) is 88.9 Å². The van der Waals surface area contributed by atoms with Crippen LogP contribution in [0.15, 0.2) is 18.2 Å². The van der Waals surface area contributed by atoms with E-state index >= 15 is 0 Å². The van der Waals surface area contributed by atoms with Crippen LogP contribution >= 0.6 is 0 Å². The van der Waals surface area contributed by atoms with Crippen LogP contribution in [0, 0.1) is 5.92 Å². The van der Waals surface area contributed by atoms with Crippen LogP contribution in [0.4, 0.5) is 13.2 Å². The minimum atomic E-state index is -4.63. The number of aliphatic hydroxyl groups is 2. The summed E-state index contributed by atoms with van der Waals surface area (Å²) in [5.74, 6) is -1.64. The number of aromatic nitrogens is 1. The van der Waals surface area contributed by atoms with Gasteiger partial charge in [0.15, 0.2) is 0 Å². The molecule has 0 radical (unpaired) electrons. The maximum Gasteiger partial charge on any atom is 0.433 e. The number of halogens is 3. The van der Waals surface area contributed by atoms with Crippen molar-refractivity contribution >= 4 is 5.97 Å². The number of ether oxygens (including phenoxy) is 2. The zero-order valence-electron chi connectivity index (χ0n) is 12.2. The van der Waals surface area contributed by atoms with E-state index in [1.165, 1.54) is 13.2 Å². The van der Waals surface area contributed by atoms with Crippen LogP contribution in [0.2, 0.25) is 0 Å². The van der Waals surface area contributed by atoms with Crippen molar-refractivity contribution in [3.63, 3.8) is 0 Å². The molecular formula is C14H16F3NO5. The third-order valence-electron chi connectivity index (χ3n) is 3.64. The average molecular weight is 335 g/mol. The Balaban J connectivity index is 2.15. The predicted octanol–water partition coefficient (Wildman–Crippen LogP) is 1.15. The fraction of sp³-hybridized carbons (Fsp3) is 0.571. The third-order valence-corrected chi connectivity index (χ3v) is 3.64. The molecule has 1 aliphatic rings. The van der Waals surface area contributed by atoms with Gasteiger partial charge in [-0.1, -0.05) is 6.07 Å². The van der Waals surface area contributed by atoms with Gasteiger partial charge in [0.05, 0.1) is 19.1 Å². The second kappa shape index (κ2) is 6.71.